The lowest BCUT2D eigenvalue weighted by Crippen LogP contribution is -2.26. The Labute approximate surface area is 224 Å². The molecule has 2 aromatic carbocycles. The lowest BCUT2D eigenvalue weighted by Gasteiger charge is -2.18. The minimum atomic E-state index is -0.242. The third-order valence-corrected chi connectivity index (χ3v) is 7.87. The second-order valence-corrected chi connectivity index (χ2v) is 10.3. The number of aromatic amines is 2. The molecule has 12 heteroatoms. The van der Waals surface area contributed by atoms with Crippen LogP contribution in [0.5, 0.6) is 0 Å². The Morgan fingerprint density at radius 1 is 0.949 bits per heavy atom. The SMILES string of the molecule is O=c1cnc2cc(-c3cnc([C@@H]4[C@H]5C[C@H]5c5cc(-c6cc(Cl)ccc6-n6cnnn6)cc(=O)n54)[nH]3)ccc2[nH]1. The monoisotopic (exact) mass is 535 g/mol. The van der Waals surface area contributed by atoms with E-state index in [1.807, 2.05) is 34.9 Å². The number of nitrogens with one attached hydrogen (secondary N) is 2. The molecule has 8 rings (SSSR count). The van der Waals surface area contributed by atoms with Crippen molar-refractivity contribution < 1.29 is 0 Å². The van der Waals surface area contributed by atoms with Gasteiger partial charge in [-0.15, -0.1) is 5.10 Å². The fraction of sp³-hybridized carbons (Fsp3) is 0.148. The third-order valence-electron chi connectivity index (χ3n) is 7.63. The van der Waals surface area contributed by atoms with E-state index in [4.69, 9.17) is 11.6 Å². The minimum Gasteiger partial charge on any atom is -0.340 e. The van der Waals surface area contributed by atoms with Gasteiger partial charge in [-0.05, 0) is 64.7 Å². The van der Waals surface area contributed by atoms with Crippen LogP contribution in [0.3, 0.4) is 0 Å². The fourth-order valence-electron chi connectivity index (χ4n) is 5.81. The average molecular weight is 536 g/mol. The molecule has 2 aliphatic rings. The molecule has 0 unspecified atom stereocenters. The van der Waals surface area contributed by atoms with Crippen molar-refractivity contribution in [3.8, 4) is 28.1 Å². The van der Waals surface area contributed by atoms with Gasteiger partial charge in [0.15, 0.2) is 0 Å². The van der Waals surface area contributed by atoms with Crippen LogP contribution in [0.15, 0.2) is 76.8 Å². The van der Waals surface area contributed by atoms with Crippen LogP contribution in [0.25, 0.3) is 39.1 Å². The minimum absolute atomic E-state index is 0.0980. The topological polar surface area (TPSA) is 140 Å². The van der Waals surface area contributed by atoms with Crippen LogP contribution >= 0.6 is 11.6 Å². The number of imidazole rings is 1. The van der Waals surface area contributed by atoms with Crippen LogP contribution in [0.2, 0.25) is 5.02 Å². The van der Waals surface area contributed by atoms with E-state index < -0.39 is 0 Å². The number of pyridine rings is 1. The molecule has 5 heterocycles. The molecule has 0 amide bonds. The van der Waals surface area contributed by atoms with Gasteiger partial charge in [-0.2, -0.15) is 4.68 Å². The zero-order chi connectivity index (χ0) is 26.2. The van der Waals surface area contributed by atoms with Crippen LogP contribution in [-0.2, 0) is 0 Å². The first-order valence-corrected chi connectivity index (χ1v) is 12.8. The van der Waals surface area contributed by atoms with Crippen molar-refractivity contribution in [2.45, 2.75) is 18.4 Å². The first-order chi connectivity index (χ1) is 19.0. The zero-order valence-corrected chi connectivity index (χ0v) is 20.9. The van der Waals surface area contributed by atoms with Gasteiger partial charge in [-0.1, -0.05) is 17.7 Å². The van der Waals surface area contributed by atoms with Gasteiger partial charge < -0.3 is 14.5 Å². The molecule has 4 aromatic heterocycles. The number of hydrogen-bond donors (Lipinski definition) is 2. The Kier molecular flexibility index (Phi) is 4.56. The first kappa shape index (κ1) is 22.1. The Morgan fingerprint density at radius 3 is 2.74 bits per heavy atom. The van der Waals surface area contributed by atoms with Crippen LogP contribution in [-0.4, -0.2) is 44.7 Å². The Bertz CT molecular complexity index is 2040. The summed E-state index contributed by atoms with van der Waals surface area (Å²) in [5, 5.41) is 12.1. The largest absolute Gasteiger partial charge is 0.340 e. The average Bonchev–Trinajstić information content (AvgIpc) is 3.28. The summed E-state index contributed by atoms with van der Waals surface area (Å²) < 4.78 is 3.42. The molecule has 0 radical (unpaired) electrons. The lowest BCUT2D eigenvalue weighted by molar-refractivity contribution is 0.515. The van der Waals surface area contributed by atoms with Gasteiger partial charge in [0.1, 0.15) is 12.2 Å². The van der Waals surface area contributed by atoms with E-state index in [1.165, 1.54) is 12.5 Å². The molecule has 0 bridgehead atoms. The molecule has 1 aliphatic carbocycles. The number of nitrogens with zero attached hydrogens (tertiary/aromatic N) is 7. The van der Waals surface area contributed by atoms with Crippen molar-refractivity contribution in [2.24, 2.45) is 5.92 Å². The van der Waals surface area contributed by atoms with Crippen LogP contribution in [0, 0.1) is 5.92 Å². The molecule has 0 saturated heterocycles. The van der Waals surface area contributed by atoms with Gasteiger partial charge in [0.2, 0.25) is 0 Å². The molecule has 11 nitrogen and oxygen atoms in total. The molecule has 6 aromatic rings. The smallest absolute Gasteiger partial charge is 0.266 e. The van der Waals surface area contributed by atoms with Gasteiger partial charge in [-0.25, -0.2) is 9.97 Å². The number of hydrogen-bond acceptors (Lipinski definition) is 7. The molecule has 0 spiro atoms. The molecule has 1 fully saturated rings. The molecule has 39 heavy (non-hydrogen) atoms. The van der Waals surface area contributed by atoms with Gasteiger partial charge in [-0.3, -0.25) is 9.59 Å². The van der Waals surface area contributed by atoms with E-state index in [1.54, 1.807) is 23.0 Å². The Hall–Kier alpha value is -4.90. The van der Waals surface area contributed by atoms with Gasteiger partial charge in [0, 0.05) is 33.8 Å². The normalized spacial score (nSPS) is 19.3. The highest BCUT2D eigenvalue weighted by molar-refractivity contribution is 6.31. The highest BCUT2D eigenvalue weighted by Crippen LogP contribution is 2.60. The van der Waals surface area contributed by atoms with Crippen molar-refractivity contribution in [3.63, 3.8) is 0 Å². The predicted octanol–water partition coefficient (Wildman–Crippen LogP) is 3.48. The summed E-state index contributed by atoms with van der Waals surface area (Å²) in [4.78, 5) is 40.3. The highest BCUT2D eigenvalue weighted by atomic mass is 35.5. The highest BCUT2D eigenvalue weighted by Gasteiger charge is 2.54. The van der Waals surface area contributed by atoms with Crippen molar-refractivity contribution >= 4 is 22.6 Å². The standard InChI is InChI=1S/C27H18ClN9O2/c28-15-2-4-22(36-12-31-34-35-36)16(8-15)14-6-23-17-9-18(17)26(37(23)25(39)7-14)27-30-10-21(33-27)13-1-3-19-20(5-13)29-11-24(38)32-19/h1-8,10-12,17-18,26H,9H2,(H,30,33)(H,32,38)/t17-,18+,26+/m1/s1. The van der Waals surface area contributed by atoms with Crippen molar-refractivity contribution in [1.82, 2.24) is 44.7 Å². The summed E-state index contributed by atoms with van der Waals surface area (Å²) in [5.74, 6) is 1.33. The number of tetrazole rings is 1. The van der Waals surface area contributed by atoms with Crippen molar-refractivity contribution in [2.75, 3.05) is 0 Å². The summed E-state index contributed by atoms with van der Waals surface area (Å²) in [5.41, 5.74) is 6.00. The maximum Gasteiger partial charge on any atom is 0.266 e. The van der Waals surface area contributed by atoms with E-state index in [-0.39, 0.29) is 23.1 Å². The van der Waals surface area contributed by atoms with Gasteiger partial charge >= 0.3 is 0 Å². The van der Waals surface area contributed by atoms with Crippen LogP contribution in [0.1, 0.15) is 29.9 Å². The quantitative estimate of drug-likeness (QED) is 0.352. The Morgan fingerprint density at radius 2 is 1.87 bits per heavy atom. The maximum atomic E-state index is 13.6. The fourth-order valence-corrected chi connectivity index (χ4v) is 5.98. The van der Waals surface area contributed by atoms with E-state index >= 15 is 0 Å². The summed E-state index contributed by atoms with van der Waals surface area (Å²) in [7, 11) is 0. The summed E-state index contributed by atoms with van der Waals surface area (Å²) in [6.07, 6.45) is 5.55. The number of H-pyrrole nitrogens is 2. The van der Waals surface area contributed by atoms with E-state index in [9.17, 15) is 9.59 Å². The van der Waals surface area contributed by atoms with Crippen molar-refractivity contribution in [3.05, 3.63) is 105 Å². The van der Waals surface area contributed by atoms with Crippen LogP contribution < -0.4 is 11.1 Å². The number of halogens is 1. The summed E-state index contributed by atoms with van der Waals surface area (Å²) in [6, 6.07) is 14.6. The second-order valence-electron chi connectivity index (χ2n) is 9.91. The van der Waals surface area contributed by atoms with E-state index in [2.05, 4.69) is 41.5 Å². The number of aromatic nitrogens is 9. The predicted molar refractivity (Wildman–Crippen MR) is 143 cm³/mol. The van der Waals surface area contributed by atoms with Crippen LogP contribution in [0.4, 0.5) is 0 Å². The summed E-state index contributed by atoms with van der Waals surface area (Å²) >= 11 is 6.34. The second kappa shape index (κ2) is 8.05. The molecular weight excluding hydrogens is 518 g/mol. The Balaban J connectivity index is 1.19. The van der Waals surface area contributed by atoms with Gasteiger partial charge in [0.25, 0.3) is 11.1 Å². The molecule has 2 N–H and O–H groups in total. The van der Waals surface area contributed by atoms with Gasteiger partial charge in [0.05, 0.1) is 40.9 Å². The zero-order valence-electron chi connectivity index (χ0n) is 20.1. The number of benzene rings is 2. The molecule has 1 saturated carbocycles. The summed E-state index contributed by atoms with van der Waals surface area (Å²) in [6.45, 7) is 0. The van der Waals surface area contributed by atoms with E-state index in [0.717, 1.165) is 46.0 Å². The van der Waals surface area contributed by atoms with Crippen molar-refractivity contribution in [1.29, 1.82) is 0 Å². The molecule has 1 aliphatic heterocycles. The first-order valence-electron chi connectivity index (χ1n) is 12.4. The lowest BCUT2D eigenvalue weighted by atomic mass is 10.0. The maximum absolute atomic E-state index is 13.6. The number of rotatable bonds is 4. The molecule has 190 valence electrons. The third kappa shape index (κ3) is 3.47. The molecular formula is C27H18ClN9O2. The van der Waals surface area contributed by atoms with E-state index in [0.29, 0.717) is 22.0 Å². The number of fused-ring (bicyclic) bond motifs is 4. The molecule has 3 atom stereocenters.